The van der Waals surface area contributed by atoms with Gasteiger partial charge in [-0.05, 0) is 59.8 Å². The minimum absolute atomic E-state index is 0. The fourth-order valence-corrected chi connectivity index (χ4v) is 5.81. The quantitative estimate of drug-likeness (QED) is 0.519. The zero-order valence-corrected chi connectivity index (χ0v) is 19.9. The smallest absolute Gasteiger partial charge is 0.307 e. The van der Waals surface area contributed by atoms with Crippen LogP contribution in [0.25, 0.3) is 5.57 Å². The Labute approximate surface area is 192 Å². The van der Waals surface area contributed by atoms with Crippen LogP contribution >= 0.6 is 35.1 Å². The Bertz CT molecular complexity index is 786. The van der Waals surface area contributed by atoms with Gasteiger partial charge < -0.3 is 19.5 Å². The maximum Gasteiger partial charge on any atom is 0.307 e. The van der Waals surface area contributed by atoms with E-state index in [1.807, 2.05) is 0 Å². The second-order valence-electron chi connectivity index (χ2n) is 7.30. The first-order valence-electron chi connectivity index (χ1n) is 9.90. The van der Waals surface area contributed by atoms with E-state index < -0.39 is 5.97 Å². The van der Waals surface area contributed by atoms with Gasteiger partial charge in [-0.2, -0.15) is 0 Å². The molecule has 0 radical (unpaired) electrons. The van der Waals surface area contributed by atoms with Gasteiger partial charge in [-0.1, -0.05) is 6.08 Å². The van der Waals surface area contributed by atoms with Crippen LogP contribution in [0.3, 0.4) is 0 Å². The molecule has 1 fully saturated rings. The summed E-state index contributed by atoms with van der Waals surface area (Å²) in [6.07, 6.45) is 4.94. The van der Waals surface area contributed by atoms with Crippen molar-refractivity contribution in [3.05, 3.63) is 49.9 Å². The van der Waals surface area contributed by atoms with Crippen LogP contribution < -0.4 is 0 Å². The molecule has 2 aromatic heterocycles. The summed E-state index contributed by atoms with van der Waals surface area (Å²) >= 11 is 3.48. The Kier molecular flexibility index (Phi) is 10.5. The lowest BCUT2D eigenvalue weighted by atomic mass is 9.98. The van der Waals surface area contributed by atoms with Crippen LogP contribution in [-0.4, -0.2) is 49.8 Å². The molecular weight excluding hydrogens is 442 g/mol. The molecule has 1 aliphatic rings. The first-order chi connectivity index (χ1) is 14.1. The van der Waals surface area contributed by atoms with Gasteiger partial charge in [-0.3, -0.25) is 4.79 Å². The minimum atomic E-state index is -0.670. The number of methoxy groups -OCH3 is 2. The molecule has 1 N–H and O–H groups in total. The maximum atomic E-state index is 11.3. The van der Waals surface area contributed by atoms with E-state index in [1.54, 1.807) is 36.9 Å². The highest BCUT2D eigenvalue weighted by atomic mass is 35.5. The summed E-state index contributed by atoms with van der Waals surface area (Å²) in [6.45, 7) is 3.69. The average molecular weight is 472 g/mol. The van der Waals surface area contributed by atoms with Crippen LogP contribution in [0.15, 0.2) is 29.0 Å². The van der Waals surface area contributed by atoms with Crippen LogP contribution in [0.4, 0.5) is 0 Å². The Morgan fingerprint density at radius 3 is 2.30 bits per heavy atom. The van der Waals surface area contributed by atoms with Crippen molar-refractivity contribution in [1.29, 1.82) is 0 Å². The predicted octanol–water partition coefficient (Wildman–Crippen LogP) is 5.14. The largest absolute Gasteiger partial charge is 0.481 e. The molecule has 0 aromatic carbocycles. The van der Waals surface area contributed by atoms with E-state index in [2.05, 4.69) is 33.9 Å². The van der Waals surface area contributed by atoms with Gasteiger partial charge in [0.2, 0.25) is 0 Å². The second kappa shape index (κ2) is 12.6. The summed E-state index contributed by atoms with van der Waals surface area (Å²) < 4.78 is 10.8. The van der Waals surface area contributed by atoms with E-state index in [4.69, 9.17) is 9.47 Å². The third-order valence-electron chi connectivity index (χ3n) is 5.23. The highest BCUT2D eigenvalue weighted by Gasteiger charge is 2.25. The van der Waals surface area contributed by atoms with Gasteiger partial charge in [-0.25, -0.2) is 0 Å². The summed E-state index contributed by atoms with van der Waals surface area (Å²) in [5.41, 5.74) is 3.63. The van der Waals surface area contributed by atoms with Crippen LogP contribution in [0.5, 0.6) is 0 Å². The number of thiophene rings is 2. The molecule has 0 spiro atoms. The summed E-state index contributed by atoms with van der Waals surface area (Å²) in [6, 6.07) is 4.26. The van der Waals surface area contributed by atoms with Crippen LogP contribution in [0.1, 0.15) is 40.1 Å². The highest BCUT2D eigenvalue weighted by Crippen LogP contribution is 2.36. The fraction of sp³-hybridized carbons (Fsp3) is 0.500. The minimum Gasteiger partial charge on any atom is -0.481 e. The van der Waals surface area contributed by atoms with E-state index in [-0.39, 0.29) is 18.3 Å². The van der Waals surface area contributed by atoms with Crippen molar-refractivity contribution in [3.63, 3.8) is 0 Å². The SMILES string of the molecule is COCc1ccsc1C(=CCCN1CCC[C@@H](C(=O)O)C1)c1sccc1COC.Cl. The lowest BCUT2D eigenvalue weighted by molar-refractivity contribution is -0.143. The van der Waals surface area contributed by atoms with E-state index in [9.17, 15) is 9.90 Å². The van der Waals surface area contributed by atoms with Crippen LogP contribution in [0.2, 0.25) is 0 Å². The van der Waals surface area contributed by atoms with Gasteiger partial charge in [0.05, 0.1) is 19.1 Å². The summed E-state index contributed by atoms with van der Waals surface area (Å²) in [7, 11) is 3.45. The molecule has 1 saturated heterocycles. The zero-order valence-electron chi connectivity index (χ0n) is 17.5. The summed E-state index contributed by atoms with van der Waals surface area (Å²) in [5, 5.41) is 13.6. The summed E-state index contributed by atoms with van der Waals surface area (Å²) in [4.78, 5) is 16.1. The lowest BCUT2D eigenvalue weighted by Crippen LogP contribution is -2.39. The number of rotatable bonds is 10. The van der Waals surface area contributed by atoms with Gasteiger partial charge in [-0.15, -0.1) is 35.1 Å². The molecule has 1 aliphatic heterocycles. The molecule has 0 aliphatic carbocycles. The first kappa shape index (κ1) is 25.0. The average Bonchev–Trinajstić information content (AvgIpc) is 3.36. The number of ether oxygens (including phenoxy) is 2. The van der Waals surface area contributed by atoms with E-state index in [1.165, 1.54) is 26.5 Å². The molecule has 30 heavy (non-hydrogen) atoms. The third-order valence-corrected chi connectivity index (χ3v) is 7.21. The van der Waals surface area contributed by atoms with Gasteiger partial charge >= 0.3 is 5.97 Å². The maximum absolute atomic E-state index is 11.3. The molecule has 0 unspecified atom stereocenters. The van der Waals surface area contributed by atoms with Crippen molar-refractivity contribution in [1.82, 2.24) is 4.90 Å². The monoisotopic (exact) mass is 471 g/mol. The molecular formula is C22H30ClNO4S2. The molecule has 5 nitrogen and oxygen atoms in total. The number of likely N-dealkylation sites (tertiary alicyclic amines) is 1. The van der Waals surface area contributed by atoms with Gasteiger partial charge in [0.15, 0.2) is 0 Å². The highest BCUT2D eigenvalue weighted by molar-refractivity contribution is 7.14. The Balaban J connectivity index is 0.00000320. The molecule has 0 saturated carbocycles. The van der Waals surface area contributed by atoms with E-state index in [0.717, 1.165) is 32.4 Å². The normalized spacial score (nSPS) is 16.8. The number of carbonyl (C=O) groups is 1. The van der Waals surface area contributed by atoms with E-state index in [0.29, 0.717) is 19.8 Å². The number of piperidine rings is 1. The predicted molar refractivity (Wildman–Crippen MR) is 126 cm³/mol. The molecule has 3 rings (SSSR count). The number of carboxylic acids is 1. The molecule has 166 valence electrons. The zero-order chi connectivity index (χ0) is 20.6. The van der Waals surface area contributed by atoms with Gasteiger partial charge in [0, 0.05) is 42.6 Å². The molecule has 2 aromatic rings. The van der Waals surface area contributed by atoms with Crippen molar-refractivity contribution in [3.8, 4) is 0 Å². The Morgan fingerprint density at radius 2 is 1.77 bits per heavy atom. The number of halogens is 1. The number of hydrogen-bond donors (Lipinski definition) is 1. The third kappa shape index (κ3) is 6.39. The Hall–Kier alpha value is -1.22. The molecule has 0 amide bonds. The molecule has 1 atom stereocenters. The number of carboxylic acid groups (broad SMARTS) is 1. The van der Waals surface area contributed by atoms with Crippen LogP contribution in [-0.2, 0) is 27.5 Å². The summed E-state index contributed by atoms with van der Waals surface area (Å²) in [5.74, 6) is -0.903. The number of aliphatic carboxylic acids is 1. The topological polar surface area (TPSA) is 59.0 Å². The molecule has 8 heteroatoms. The number of hydrogen-bond acceptors (Lipinski definition) is 6. The van der Waals surface area contributed by atoms with Crippen molar-refractivity contribution in [2.45, 2.75) is 32.5 Å². The van der Waals surface area contributed by atoms with E-state index >= 15 is 0 Å². The Morgan fingerprint density at radius 1 is 1.17 bits per heavy atom. The number of nitrogens with zero attached hydrogens (tertiary/aromatic N) is 1. The van der Waals surface area contributed by atoms with Crippen molar-refractivity contribution >= 4 is 46.6 Å². The van der Waals surface area contributed by atoms with Crippen LogP contribution in [0, 0.1) is 5.92 Å². The molecule has 0 bridgehead atoms. The standard InChI is InChI=1S/C22H29NO4S2.ClH/c1-26-14-17-7-11-28-20(17)19(21-18(15-27-2)8-12-29-21)6-4-10-23-9-3-5-16(13-23)22(24)25;/h6-8,11-12,16H,3-5,9-10,13-15H2,1-2H3,(H,24,25);1H/t16-;/m1./s1. The second-order valence-corrected chi connectivity index (χ2v) is 9.13. The van der Waals surface area contributed by atoms with Gasteiger partial charge in [0.25, 0.3) is 0 Å². The first-order valence-corrected chi connectivity index (χ1v) is 11.7. The van der Waals surface area contributed by atoms with Crippen molar-refractivity contribution in [2.24, 2.45) is 5.92 Å². The molecule has 3 heterocycles. The van der Waals surface area contributed by atoms with Gasteiger partial charge in [0.1, 0.15) is 0 Å². The van der Waals surface area contributed by atoms with Crippen molar-refractivity contribution in [2.75, 3.05) is 33.9 Å². The fourth-order valence-electron chi connectivity index (χ4n) is 3.82. The van der Waals surface area contributed by atoms with Crippen molar-refractivity contribution < 1.29 is 19.4 Å². The lowest BCUT2D eigenvalue weighted by Gasteiger charge is -2.30.